The van der Waals surface area contributed by atoms with E-state index in [2.05, 4.69) is 0 Å². The van der Waals surface area contributed by atoms with Crippen molar-refractivity contribution in [2.24, 2.45) is 0 Å². The number of morpholine rings is 1. The van der Waals surface area contributed by atoms with Gasteiger partial charge < -0.3 is 19.1 Å². The van der Waals surface area contributed by atoms with Crippen molar-refractivity contribution in [3.63, 3.8) is 0 Å². The largest absolute Gasteiger partial charge is 0.493 e. The van der Waals surface area contributed by atoms with Gasteiger partial charge in [-0.25, -0.2) is 9.18 Å². The third-order valence-corrected chi connectivity index (χ3v) is 4.82. The van der Waals surface area contributed by atoms with Crippen LogP contribution in [0.2, 0.25) is 5.02 Å². The average Bonchev–Trinajstić information content (AvgIpc) is 2.69. The minimum Gasteiger partial charge on any atom is -0.493 e. The summed E-state index contributed by atoms with van der Waals surface area (Å²) in [5.41, 5.74) is 0.887. The van der Waals surface area contributed by atoms with E-state index < -0.39 is 11.8 Å². The number of carbonyl (C=O) groups is 1. The van der Waals surface area contributed by atoms with Gasteiger partial charge in [0, 0.05) is 18.7 Å². The fraction of sp³-hybridized carbons (Fsp3) is 0.263. The van der Waals surface area contributed by atoms with E-state index in [0.29, 0.717) is 36.9 Å². The highest BCUT2D eigenvalue weighted by Gasteiger charge is 2.21. The van der Waals surface area contributed by atoms with Crippen LogP contribution in [0.4, 0.5) is 4.39 Å². The Morgan fingerprint density at radius 2 is 1.85 bits per heavy atom. The summed E-state index contributed by atoms with van der Waals surface area (Å²) in [5, 5.41) is 0.190. The summed E-state index contributed by atoms with van der Waals surface area (Å²) in [7, 11) is 1.45. The molecule has 2 aromatic rings. The predicted molar refractivity (Wildman–Crippen MR) is 103 cm³/mol. The lowest BCUT2D eigenvalue weighted by Gasteiger charge is -2.29. The van der Waals surface area contributed by atoms with E-state index in [9.17, 15) is 9.18 Å². The summed E-state index contributed by atoms with van der Waals surface area (Å²) in [5.74, 6) is -0.743. The molecule has 0 saturated carbocycles. The number of rotatable bonds is 4. The fourth-order valence-corrected chi connectivity index (χ4v) is 3.18. The van der Waals surface area contributed by atoms with E-state index in [1.54, 1.807) is 12.1 Å². The number of esters is 1. The van der Waals surface area contributed by atoms with Crippen LogP contribution in [0.5, 0.6) is 11.5 Å². The first-order chi connectivity index (χ1) is 13.0. The highest BCUT2D eigenvalue weighted by Crippen LogP contribution is 2.37. The van der Waals surface area contributed by atoms with Crippen molar-refractivity contribution in [1.29, 1.82) is 0 Å². The molecule has 0 unspecified atom stereocenters. The molecule has 0 spiro atoms. The molecular weight excluding hydrogens is 393 g/mol. The van der Waals surface area contributed by atoms with Gasteiger partial charge in [0.1, 0.15) is 10.8 Å². The molecular formula is C19H17ClFNO4S. The minimum atomic E-state index is -0.668. The first-order valence-electron chi connectivity index (χ1n) is 8.22. The minimum absolute atomic E-state index is 0.0852. The molecule has 0 radical (unpaired) electrons. The Bertz CT molecular complexity index is 854. The Morgan fingerprint density at radius 3 is 2.48 bits per heavy atom. The third-order valence-electron chi connectivity index (χ3n) is 4.05. The number of halogens is 2. The van der Waals surface area contributed by atoms with Gasteiger partial charge in [0.05, 0.1) is 30.9 Å². The van der Waals surface area contributed by atoms with E-state index >= 15 is 0 Å². The molecule has 2 aromatic carbocycles. The topological polar surface area (TPSA) is 48.0 Å². The number of hydrogen-bond donors (Lipinski definition) is 0. The molecule has 27 heavy (non-hydrogen) atoms. The molecule has 1 fully saturated rings. The lowest BCUT2D eigenvalue weighted by molar-refractivity contribution is 0.0692. The van der Waals surface area contributed by atoms with Crippen LogP contribution in [-0.2, 0) is 4.74 Å². The average molecular weight is 410 g/mol. The first kappa shape index (κ1) is 19.5. The molecule has 1 heterocycles. The van der Waals surface area contributed by atoms with Crippen molar-refractivity contribution in [2.45, 2.75) is 0 Å². The van der Waals surface area contributed by atoms with Crippen LogP contribution in [-0.4, -0.2) is 49.3 Å². The molecule has 142 valence electrons. The van der Waals surface area contributed by atoms with E-state index in [-0.39, 0.29) is 22.1 Å². The summed E-state index contributed by atoms with van der Waals surface area (Å²) >= 11 is 11.9. The summed E-state index contributed by atoms with van der Waals surface area (Å²) in [4.78, 5) is 14.9. The Hall–Kier alpha value is -2.22. The molecule has 0 N–H and O–H groups in total. The normalized spacial score (nSPS) is 14.0. The van der Waals surface area contributed by atoms with E-state index in [1.807, 2.05) is 4.90 Å². The highest BCUT2D eigenvalue weighted by atomic mass is 35.5. The van der Waals surface area contributed by atoms with Crippen LogP contribution in [0.15, 0.2) is 36.4 Å². The summed E-state index contributed by atoms with van der Waals surface area (Å²) in [6.07, 6.45) is 0. The van der Waals surface area contributed by atoms with Crippen molar-refractivity contribution < 1.29 is 23.4 Å². The number of methoxy groups -OCH3 is 1. The molecule has 0 amide bonds. The van der Waals surface area contributed by atoms with Crippen LogP contribution in [0.25, 0.3) is 0 Å². The monoisotopic (exact) mass is 409 g/mol. The summed E-state index contributed by atoms with van der Waals surface area (Å²) in [6.45, 7) is 2.61. The van der Waals surface area contributed by atoms with Gasteiger partial charge in [-0.3, -0.25) is 0 Å². The highest BCUT2D eigenvalue weighted by molar-refractivity contribution is 7.80. The third kappa shape index (κ3) is 4.55. The van der Waals surface area contributed by atoms with Crippen LogP contribution in [0.3, 0.4) is 0 Å². The van der Waals surface area contributed by atoms with Gasteiger partial charge in [0.2, 0.25) is 0 Å². The molecule has 8 heteroatoms. The van der Waals surface area contributed by atoms with Gasteiger partial charge in [0.15, 0.2) is 11.5 Å². The maximum Gasteiger partial charge on any atom is 0.343 e. The van der Waals surface area contributed by atoms with Crippen LogP contribution < -0.4 is 9.47 Å². The van der Waals surface area contributed by atoms with Crippen molar-refractivity contribution in [2.75, 3.05) is 33.4 Å². The number of hydrogen-bond acceptors (Lipinski definition) is 5. The van der Waals surface area contributed by atoms with Gasteiger partial charge in [0.25, 0.3) is 0 Å². The second kappa shape index (κ2) is 8.65. The number of thiocarbonyl (C=S) groups is 1. The van der Waals surface area contributed by atoms with Crippen LogP contribution in [0, 0.1) is 5.82 Å². The van der Waals surface area contributed by atoms with Crippen molar-refractivity contribution in [3.05, 3.63) is 58.4 Å². The van der Waals surface area contributed by atoms with Crippen LogP contribution in [0.1, 0.15) is 15.9 Å². The van der Waals surface area contributed by atoms with Gasteiger partial charge in [-0.2, -0.15) is 0 Å². The number of ether oxygens (including phenoxy) is 3. The maximum absolute atomic E-state index is 13.0. The molecule has 1 saturated heterocycles. The van der Waals surface area contributed by atoms with Gasteiger partial charge in [-0.05, 0) is 36.4 Å². The lowest BCUT2D eigenvalue weighted by atomic mass is 10.1. The van der Waals surface area contributed by atoms with Crippen molar-refractivity contribution in [3.8, 4) is 11.5 Å². The van der Waals surface area contributed by atoms with Crippen LogP contribution >= 0.6 is 23.8 Å². The Morgan fingerprint density at radius 1 is 1.19 bits per heavy atom. The molecule has 1 aliphatic heterocycles. The predicted octanol–water partition coefficient (Wildman–Crippen LogP) is 3.71. The molecule has 3 rings (SSSR count). The number of nitrogens with zero attached hydrogens (tertiary/aromatic N) is 1. The number of benzene rings is 2. The van der Waals surface area contributed by atoms with Gasteiger partial charge >= 0.3 is 5.97 Å². The van der Waals surface area contributed by atoms with Gasteiger partial charge in [-0.1, -0.05) is 23.8 Å². The zero-order chi connectivity index (χ0) is 19.4. The first-order valence-corrected chi connectivity index (χ1v) is 9.00. The second-order valence-corrected chi connectivity index (χ2v) is 6.58. The Balaban J connectivity index is 1.84. The molecule has 1 aliphatic rings. The summed E-state index contributed by atoms with van der Waals surface area (Å²) < 4.78 is 29.1. The van der Waals surface area contributed by atoms with Crippen molar-refractivity contribution >= 4 is 34.8 Å². The molecule has 0 aliphatic carbocycles. The quantitative estimate of drug-likeness (QED) is 0.436. The smallest absolute Gasteiger partial charge is 0.343 e. The van der Waals surface area contributed by atoms with E-state index in [0.717, 1.165) is 0 Å². The summed E-state index contributed by atoms with van der Waals surface area (Å²) in [6, 6.07) is 8.34. The molecule has 0 bridgehead atoms. The molecule has 0 atom stereocenters. The van der Waals surface area contributed by atoms with Crippen molar-refractivity contribution in [1.82, 2.24) is 4.90 Å². The van der Waals surface area contributed by atoms with E-state index in [1.165, 1.54) is 31.4 Å². The Labute approximate surface area is 166 Å². The second-order valence-electron chi connectivity index (χ2n) is 5.79. The standard InChI is InChI=1S/C19H17ClFNO4S/c1-24-16-11-13(18(27)22-6-8-25-9-7-22)10-15(20)17(16)26-19(23)12-2-4-14(21)5-3-12/h2-5,10-11H,6-9H2,1H3. The van der Waals surface area contributed by atoms with E-state index in [4.69, 9.17) is 38.0 Å². The fourth-order valence-electron chi connectivity index (χ4n) is 2.63. The lowest BCUT2D eigenvalue weighted by Crippen LogP contribution is -2.40. The molecule has 0 aromatic heterocycles. The molecule has 5 nitrogen and oxygen atoms in total. The van der Waals surface area contributed by atoms with Gasteiger partial charge in [-0.15, -0.1) is 0 Å². The SMILES string of the molecule is COc1cc(C(=S)N2CCOCC2)cc(Cl)c1OC(=O)c1ccc(F)cc1. The number of carbonyl (C=O) groups excluding carboxylic acids is 1. The Kier molecular flexibility index (Phi) is 6.26. The zero-order valence-electron chi connectivity index (χ0n) is 14.5. The zero-order valence-corrected chi connectivity index (χ0v) is 16.1. The maximum atomic E-state index is 13.0.